The van der Waals surface area contributed by atoms with Crippen molar-refractivity contribution in [1.29, 1.82) is 0 Å². The molecule has 0 saturated carbocycles. The first kappa shape index (κ1) is 44.1. The van der Waals surface area contributed by atoms with Crippen molar-refractivity contribution in [2.45, 2.75) is 79.0 Å². The summed E-state index contributed by atoms with van der Waals surface area (Å²) >= 11 is 2.74. The van der Waals surface area contributed by atoms with E-state index in [0.717, 1.165) is 43.8 Å². The van der Waals surface area contributed by atoms with Gasteiger partial charge in [-0.15, -0.1) is 0 Å². The molecule has 0 unspecified atom stereocenters. The van der Waals surface area contributed by atoms with Gasteiger partial charge in [-0.1, -0.05) is 46.9 Å². The maximum Gasteiger partial charge on any atom is 0.408 e. The third kappa shape index (κ3) is 13.3. The Morgan fingerprint density at radius 3 is 1.58 bits per heavy atom. The summed E-state index contributed by atoms with van der Waals surface area (Å²) in [6.45, 7) is 12.7. The average molecular weight is 841 g/mol. The normalized spacial score (nSPS) is 12.1. The number of amides is 3. The maximum atomic E-state index is 13.3. The van der Waals surface area contributed by atoms with E-state index in [1.165, 1.54) is 46.9 Å². The van der Waals surface area contributed by atoms with Gasteiger partial charge in [-0.25, -0.2) is 23.5 Å². The van der Waals surface area contributed by atoms with E-state index in [-0.39, 0.29) is 24.0 Å². The van der Waals surface area contributed by atoms with Crippen molar-refractivity contribution in [1.82, 2.24) is 25.3 Å². The quantitative estimate of drug-likeness (QED) is 0.0998. The summed E-state index contributed by atoms with van der Waals surface area (Å²) < 4.78 is 31.6. The van der Waals surface area contributed by atoms with Crippen LogP contribution in [0.3, 0.4) is 0 Å². The van der Waals surface area contributed by atoms with E-state index in [0.29, 0.717) is 27.7 Å². The third-order valence-corrected chi connectivity index (χ3v) is 10.7. The number of halogens is 2. The molecule has 4 heterocycles. The second kappa shape index (κ2) is 19.7. The molecule has 0 aliphatic carbocycles. The molecule has 5 N–H and O–H groups in total. The molecule has 0 spiro atoms. The predicted octanol–water partition coefficient (Wildman–Crippen LogP) is 8.51. The predicted molar refractivity (Wildman–Crippen MR) is 228 cm³/mol. The van der Waals surface area contributed by atoms with Crippen molar-refractivity contribution >= 4 is 50.6 Å². The Morgan fingerprint density at radius 2 is 1.14 bits per heavy atom. The molecule has 0 bridgehead atoms. The number of aromatic nitrogens is 4. The van der Waals surface area contributed by atoms with Crippen LogP contribution in [0.15, 0.2) is 85.2 Å². The highest BCUT2D eigenvalue weighted by atomic mass is 32.1. The summed E-state index contributed by atoms with van der Waals surface area (Å²) in [5, 5.41) is 11.2. The number of pyridine rings is 2. The van der Waals surface area contributed by atoms with Gasteiger partial charge in [0, 0.05) is 41.3 Å². The van der Waals surface area contributed by atoms with Gasteiger partial charge in [-0.3, -0.25) is 19.6 Å². The zero-order valence-electron chi connectivity index (χ0n) is 33.7. The minimum Gasteiger partial charge on any atom is -0.444 e. The number of hydrogen-bond acceptors (Lipinski definition) is 11. The number of thiazole rings is 2. The average Bonchev–Trinajstić information content (AvgIpc) is 3.73. The SMILES string of the molecule is Cc1cc(-c2nc(C)c(NC(=O)[C@@H](N)Cc3ccc(F)cc3)s2)ccn1.Cc1cc(-c2nc(C)c(NC(=O)[C@H](Cc3ccc(F)cc3)NC(=O)OC(C)(C)C)s2)ccn1. The van der Waals surface area contributed by atoms with Gasteiger partial charge in [0.1, 0.15) is 43.3 Å². The number of benzene rings is 2. The van der Waals surface area contributed by atoms with Gasteiger partial charge in [0.25, 0.3) is 0 Å². The van der Waals surface area contributed by atoms with Crippen molar-refractivity contribution < 1.29 is 27.9 Å². The van der Waals surface area contributed by atoms with Crippen LogP contribution in [-0.2, 0) is 27.2 Å². The number of aryl methyl sites for hydroxylation is 4. The Labute approximate surface area is 349 Å². The van der Waals surface area contributed by atoms with Gasteiger partial charge >= 0.3 is 6.09 Å². The van der Waals surface area contributed by atoms with Gasteiger partial charge in [-0.2, -0.15) is 0 Å². The van der Waals surface area contributed by atoms with Crippen molar-refractivity contribution in [3.05, 3.63) is 131 Å². The van der Waals surface area contributed by atoms with Crippen molar-refractivity contribution in [3.8, 4) is 21.1 Å². The van der Waals surface area contributed by atoms with Crippen LogP contribution in [0, 0.1) is 39.3 Å². The summed E-state index contributed by atoms with van der Waals surface area (Å²) in [4.78, 5) is 55.4. The van der Waals surface area contributed by atoms with Crippen molar-refractivity contribution in [2.75, 3.05) is 10.6 Å². The summed E-state index contributed by atoms with van der Waals surface area (Å²) in [7, 11) is 0. The molecule has 6 aromatic rings. The monoisotopic (exact) mass is 840 g/mol. The second-order valence-electron chi connectivity index (χ2n) is 14.7. The zero-order chi connectivity index (χ0) is 42.9. The fourth-order valence-electron chi connectivity index (χ4n) is 5.51. The van der Waals surface area contributed by atoms with Crippen LogP contribution in [0.5, 0.6) is 0 Å². The number of nitrogens with zero attached hydrogens (tertiary/aromatic N) is 4. The van der Waals surface area contributed by atoms with Crippen LogP contribution in [0.25, 0.3) is 21.1 Å². The van der Waals surface area contributed by atoms with E-state index in [1.807, 2.05) is 45.0 Å². The molecule has 0 aliphatic heterocycles. The number of nitrogens with one attached hydrogen (secondary N) is 3. The molecule has 59 heavy (non-hydrogen) atoms. The Bertz CT molecular complexity index is 2400. The van der Waals surface area contributed by atoms with Gasteiger partial charge in [0.2, 0.25) is 11.8 Å². The minimum absolute atomic E-state index is 0.166. The standard InChI is InChI=1S/C24H27FN4O3S.C19H19FN4OS/c1-14-12-17(10-11-26-14)22-27-15(2)21(33-22)29-20(30)19(28-23(31)32-24(3,4)5)13-16-6-8-18(25)9-7-16;1-11-9-14(7-8-22-11)19-23-12(2)18(26-19)24-17(25)16(21)10-13-3-5-15(20)6-4-13/h6-12,19H,13H2,1-5H3,(H,28,31)(H,29,30);3-9,16H,10,21H2,1-2H3,(H,24,25)/t19-;16-/m00/s1. The molecule has 0 fully saturated rings. The summed E-state index contributed by atoms with van der Waals surface area (Å²) in [5.41, 5.74) is 11.8. The molecule has 2 atom stereocenters. The van der Waals surface area contributed by atoms with Crippen molar-refractivity contribution in [3.63, 3.8) is 0 Å². The lowest BCUT2D eigenvalue weighted by Crippen LogP contribution is -2.47. The molecule has 16 heteroatoms. The topological polar surface area (TPSA) is 174 Å². The molecule has 6 rings (SSSR count). The highest BCUT2D eigenvalue weighted by molar-refractivity contribution is 7.19. The lowest BCUT2D eigenvalue weighted by Gasteiger charge is -2.23. The van der Waals surface area contributed by atoms with E-state index in [1.54, 1.807) is 64.4 Å². The van der Waals surface area contributed by atoms with E-state index in [4.69, 9.17) is 10.5 Å². The third-order valence-electron chi connectivity index (χ3n) is 8.42. The summed E-state index contributed by atoms with van der Waals surface area (Å²) in [6, 6.07) is 17.7. The number of anilines is 2. The van der Waals surface area contributed by atoms with E-state index in [9.17, 15) is 23.2 Å². The largest absolute Gasteiger partial charge is 0.444 e. The number of nitrogens with two attached hydrogens (primary N) is 1. The molecule has 308 valence electrons. The Morgan fingerprint density at radius 1 is 0.695 bits per heavy atom. The molecule has 3 amide bonds. The van der Waals surface area contributed by atoms with Crippen LogP contribution in [0.4, 0.5) is 23.6 Å². The molecule has 12 nitrogen and oxygen atoms in total. The number of rotatable bonds is 11. The zero-order valence-corrected chi connectivity index (χ0v) is 35.4. The van der Waals surface area contributed by atoms with E-state index < -0.39 is 29.7 Å². The number of carbonyl (C=O) groups excluding carboxylic acids is 3. The van der Waals surface area contributed by atoms with Crippen LogP contribution in [0.1, 0.15) is 54.7 Å². The Kier molecular flexibility index (Phi) is 14.7. The molecule has 2 aromatic carbocycles. The first-order valence-electron chi connectivity index (χ1n) is 18.6. The number of carbonyl (C=O) groups is 3. The summed E-state index contributed by atoms with van der Waals surface area (Å²) in [6.07, 6.45) is 3.24. The minimum atomic E-state index is -0.932. The second-order valence-corrected chi connectivity index (χ2v) is 16.7. The first-order chi connectivity index (χ1) is 27.9. The van der Waals surface area contributed by atoms with Gasteiger partial charge in [-0.05, 0) is 115 Å². The maximum absolute atomic E-state index is 13.3. The van der Waals surface area contributed by atoms with Gasteiger partial charge in [0.15, 0.2) is 0 Å². The molecular weight excluding hydrogens is 795 g/mol. The number of ether oxygens (including phenoxy) is 1. The molecule has 0 saturated heterocycles. The fraction of sp³-hybridized carbons (Fsp3) is 0.279. The smallest absolute Gasteiger partial charge is 0.408 e. The fourth-order valence-corrected chi connectivity index (χ4v) is 7.45. The molecule has 4 aromatic heterocycles. The van der Waals surface area contributed by atoms with Crippen LogP contribution in [0.2, 0.25) is 0 Å². The van der Waals surface area contributed by atoms with E-state index in [2.05, 4.69) is 35.9 Å². The van der Waals surface area contributed by atoms with Gasteiger partial charge in [0.05, 0.1) is 17.4 Å². The molecule has 0 aliphatic rings. The lowest BCUT2D eigenvalue weighted by molar-refractivity contribution is -0.118. The Hall–Kier alpha value is -5.97. The number of hydrogen-bond donors (Lipinski definition) is 4. The van der Waals surface area contributed by atoms with Gasteiger partial charge < -0.3 is 26.4 Å². The van der Waals surface area contributed by atoms with Crippen molar-refractivity contribution in [2.24, 2.45) is 5.73 Å². The highest BCUT2D eigenvalue weighted by Gasteiger charge is 2.26. The first-order valence-corrected chi connectivity index (χ1v) is 20.2. The van der Waals surface area contributed by atoms with E-state index >= 15 is 0 Å². The van der Waals surface area contributed by atoms with Crippen LogP contribution < -0.4 is 21.7 Å². The Balaban J connectivity index is 0.000000230. The van der Waals surface area contributed by atoms with Crippen LogP contribution >= 0.6 is 22.7 Å². The molecule has 0 radical (unpaired) electrons. The molecular formula is C43H46F2N8O4S2. The number of alkyl carbamates (subject to hydrolysis) is 1. The van der Waals surface area contributed by atoms with Crippen LogP contribution in [-0.4, -0.2) is 55.5 Å². The highest BCUT2D eigenvalue weighted by Crippen LogP contribution is 2.33. The summed E-state index contributed by atoms with van der Waals surface area (Å²) in [5.74, 6) is -1.40. The lowest BCUT2D eigenvalue weighted by atomic mass is 10.1.